The van der Waals surface area contributed by atoms with Crippen molar-refractivity contribution in [2.45, 2.75) is 50.8 Å². The van der Waals surface area contributed by atoms with E-state index in [9.17, 15) is 8.42 Å². The summed E-state index contributed by atoms with van der Waals surface area (Å²) in [6.45, 7) is 6.67. The fourth-order valence-electron chi connectivity index (χ4n) is 3.23. The van der Waals surface area contributed by atoms with Crippen molar-refractivity contribution >= 4 is 10.0 Å². The zero-order valence-corrected chi connectivity index (χ0v) is 12.3. The fourth-order valence-corrected chi connectivity index (χ4v) is 3.99. The molecular weight excluding hydrogens is 252 g/mol. The van der Waals surface area contributed by atoms with Gasteiger partial charge >= 0.3 is 0 Å². The fraction of sp³-hybridized carbons (Fsp3) is 1.00. The van der Waals surface area contributed by atoms with Gasteiger partial charge in [0.05, 0.1) is 19.0 Å². The Morgan fingerprint density at radius 2 is 2.22 bits per heavy atom. The Labute approximate surface area is 110 Å². The van der Waals surface area contributed by atoms with Crippen LogP contribution >= 0.6 is 0 Å². The molecule has 1 unspecified atom stereocenters. The third-order valence-electron chi connectivity index (χ3n) is 3.87. The maximum absolute atomic E-state index is 11.3. The van der Waals surface area contributed by atoms with Crippen molar-refractivity contribution in [2.24, 2.45) is 0 Å². The Morgan fingerprint density at radius 1 is 1.50 bits per heavy atom. The minimum atomic E-state index is -3.11. The molecule has 0 saturated carbocycles. The van der Waals surface area contributed by atoms with Gasteiger partial charge in [0.25, 0.3) is 0 Å². The smallest absolute Gasteiger partial charge is 0.208 e. The first-order chi connectivity index (χ1) is 8.31. The van der Waals surface area contributed by atoms with E-state index >= 15 is 0 Å². The Kier molecular flexibility index (Phi) is 4.02. The highest BCUT2D eigenvalue weighted by Crippen LogP contribution is 2.39. The molecule has 18 heavy (non-hydrogen) atoms. The number of rotatable bonds is 5. The van der Waals surface area contributed by atoms with Crippen molar-refractivity contribution < 1.29 is 13.2 Å². The average Bonchev–Trinajstić information content (AvgIpc) is 2.68. The van der Waals surface area contributed by atoms with E-state index in [1.165, 1.54) is 12.7 Å². The molecule has 2 aliphatic heterocycles. The van der Waals surface area contributed by atoms with Crippen LogP contribution in [0.25, 0.3) is 0 Å². The number of hydrogen-bond donors (Lipinski definition) is 1. The molecule has 0 radical (unpaired) electrons. The Bertz CT molecular complexity index is 396. The summed E-state index contributed by atoms with van der Waals surface area (Å²) in [6, 6.07) is 0.0380. The highest BCUT2D eigenvalue weighted by molar-refractivity contribution is 7.88. The normalized spacial score (nSPS) is 33.2. The Morgan fingerprint density at radius 3 is 2.83 bits per heavy atom. The van der Waals surface area contributed by atoms with Gasteiger partial charge in [-0.3, -0.25) is 4.90 Å². The van der Waals surface area contributed by atoms with Gasteiger partial charge in [-0.1, -0.05) is 0 Å². The maximum atomic E-state index is 11.3. The summed E-state index contributed by atoms with van der Waals surface area (Å²) in [7, 11) is -3.11. The number of hydrogen-bond acceptors (Lipinski definition) is 4. The zero-order chi connectivity index (χ0) is 13.4. The summed E-state index contributed by atoms with van der Waals surface area (Å²) in [5.74, 6) is 0. The third-order valence-corrected chi connectivity index (χ3v) is 4.64. The van der Waals surface area contributed by atoms with Gasteiger partial charge in [0.15, 0.2) is 0 Å². The lowest BCUT2D eigenvalue weighted by atomic mass is 9.94. The quantitative estimate of drug-likeness (QED) is 0.797. The molecule has 6 heteroatoms. The molecule has 2 rings (SSSR count). The van der Waals surface area contributed by atoms with Gasteiger partial charge in [-0.05, 0) is 39.7 Å². The highest BCUT2D eigenvalue weighted by atomic mass is 32.2. The number of sulfonamides is 1. The standard InChI is InChI=1S/C12H24N2O3S/c1-10(2)17-9-12-5-4-6-14(12)8-11(7-12)13-18(3,15)16/h10-11,13H,4-9H2,1-3H3/t11-,12?/m0/s1. The topological polar surface area (TPSA) is 58.6 Å². The van der Waals surface area contributed by atoms with Gasteiger partial charge in [0.2, 0.25) is 10.0 Å². The molecule has 0 bridgehead atoms. The summed E-state index contributed by atoms with van der Waals surface area (Å²) >= 11 is 0. The molecule has 1 N–H and O–H groups in total. The van der Waals surface area contributed by atoms with Crippen LogP contribution in [0.1, 0.15) is 33.1 Å². The molecule has 2 atom stereocenters. The van der Waals surface area contributed by atoms with Crippen LogP contribution in [0, 0.1) is 0 Å². The molecule has 0 aromatic rings. The van der Waals surface area contributed by atoms with Crippen LogP contribution < -0.4 is 4.72 Å². The van der Waals surface area contributed by atoms with Gasteiger partial charge in [0.1, 0.15) is 0 Å². The molecular formula is C12H24N2O3S. The highest BCUT2D eigenvalue weighted by Gasteiger charge is 2.49. The molecule has 2 fully saturated rings. The van der Waals surface area contributed by atoms with E-state index in [-0.39, 0.29) is 17.7 Å². The lowest BCUT2D eigenvalue weighted by Gasteiger charge is -2.32. The lowest BCUT2D eigenvalue weighted by molar-refractivity contribution is 0.00302. The van der Waals surface area contributed by atoms with Crippen molar-refractivity contribution in [3.8, 4) is 0 Å². The molecule has 5 nitrogen and oxygen atoms in total. The second kappa shape index (κ2) is 5.07. The van der Waals surface area contributed by atoms with Gasteiger partial charge in [-0.2, -0.15) is 0 Å². The van der Waals surface area contributed by atoms with Crippen molar-refractivity contribution in [3.63, 3.8) is 0 Å². The van der Waals surface area contributed by atoms with Gasteiger partial charge in [-0.15, -0.1) is 0 Å². The first kappa shape index (κ1) is 14.2. The minimum absolute atomic E-state index is 0.0380. The van der Waals surface area contributed by atoms with E-state index in [0.29, 0.717) is 6.61 Å². The van der Waals surface area contributed by atoms with Crippen molar-refractivity contribution in [3.05, 3.63) is 0 Å². The van der Waals surface area contributed by atoms with Crippen LogP contribution in [-0.4, -0.2) is 57.0 Å². The number of fused-ring (bicyclic) bond motifs is 1. The predicted octanol–water partition coefficient (Wildman–Crippen LogP) is 0.568. The molecule has 106 valence electrons. The van der Waals surface area contributed by atoms with E-state index in [1.54, 1.807) is 0 Å². The predicted molar refractivity (Wildman–Crippen MR) is 71.0 cm³/mol. The second-order valence-electron chi connectivity index (χ2n) is 5.92. The number of nitrogens with zero attached hydrogens (tertiary/aromatic N) is 1. The van der Waals surface area contributed by atoms with E-state index in [2.05, 4.69) is 9.62 Å². The average molecular weight is 276 g/mol. The SMILES string of the molecule is CC(C)OCC12CCCN1C[C@@H](NS(C)(=O)=O)C2. The molecule has 2 saturated heterocycles. The van der Waals surface area contributed by atoms with Crippen molar-refractivity contribution in [1.29, 1.82) is 0 Å². The van der Waals surface area contributed by atoms with Crippen LogP contribution in [0.4, 0.5) is 0 Å². The Balaban J connectivity index is 2.00. The van der Waals surface area contributed by atoms with Crippen molar-refractivity contribution in [2.75, 3.05) is 26.0 Å². The second-order valence-corrected chi connectivity index (χ2v) is 7.70. The molecule has 0 amide bonds. The first-order valence-electron chi connectivity index (χ1n) is 6.65. The molecule has 2 aliphatic rings. The lowest BCUT2D eigenvalue weighted by Crippen LogP contribution is -2.43. The molecule has 2 heterocycles. The van der Waals surface area contributed by atoms with Gasteiger partial charge in [0, 0.05) is 18.1 Å². The van der Waals surface area contributed by atoms with Crippen LogP contribution in [0.5, 0.6) is 0 Å². The summed E-state index contributed by atoms with van der Waals surface area (Å²) < 4.78 is 31.2. The maximum Gasteiger partial charge on any atom is 0.208 e. The van der Waals surface area contributed by atoms with Crippen LogP contribution in [0.3, 0.4) is 0 Å². The van der Waals surface area contributed by atoms with E-state index in [0.717, 1.165) is 25.9 Å². The number of nitrogens with one attached hydrogen (secondary N) is 1. The van der Waals surface area contributed by atoms with Crippen LogP contribution in [0.2, 0.25) is 0 Å². The summed E-state index contributed by atoms with van der Waals surface area (Å²) in [4.78, 5) is 2.40. The van der Waals surface area contributed by atoms with E-state index < -0.39 is 10.0 Å². The van der Waals surface area contributed by atoms with E-state index in [1.807, 2.05) is 13.8 Å². The zero-order valence-electron chi connectivity index (χ0n) is 11.5. The molecule has 0 aromatic heterocycles. The third kappa shape index (κ3) is 3.23. The summed E-state index contributed by atoms with van der Waals surface area (Å²) in [6.07, 6.45) is 4.62. The molecule has 0 aromatic carbocycles. The molecule has 0 aliphatic carbocycles. The Hall–Kier alpha value is -0.170. The van der Waals surface area contributed by atoms with Gasteiger partial charge < -0.3 is 4.74 Å². The largest absolute Gasteiger partial charge is 0.377 e. The number of ether oxygens (including phenoxy) is 1. The van der Waals surface area contributed by atoms with E-state index in [4.69, 9.17) is 4.74 Å². The summed E-state index contributed by atoms with van der Waals surface area (Å²) in [5, 5.41) is 0. The summed E-state index contributed by atoms with van der Waals surface area (Å²) in [5.41, 5.74) is 0.0621. The molecule has 0 spiro atoms. The van der Waals surface area contributed by atoms with Crippen LogP contribution in [0.15, 0.2) is 0 Å². The minimum Gasteiger partial charge on any atom is -0.377 e. The first-order valence-corrected chi connectivity index (χ1v) is 8.54. The monoisotopic (exact) mass is 276 g/mol. The van der Waals surface area contributed by atoms with Crippen LogP contribution in [-0.2, 0) is 14.8 Å². The van der Waals surface area contributed by atoms with Gasteiger partial charge in [-0.25, -0.2) is 13.1 Å². The van der Waals surface area contributed by atoms with Crippen molar-refractivity contribution in [1.82, 2.24) is 9.62 Å².